The van der Waals surface area contributed by atoms with Crippen LogP contribution in [0, 0.1) is 5.82 Å². The average molecular weight is 479 g/mol. The Bertz CT molecular complexity index is 1380. The quantitative estimate of drug-likeness (QED) is 0.236. The Morgan fingerprint density at radius 3 is 2.47 bits per heavy atom. The topological polar surface area (TPSA) is 25.2 Å². The molecular formula is C25H16ClFN2OS2. The number of thiocarbonyl (C=S) groups is 1. The molecule has 1 fully saturated rings. The van der Waals surface area contributed by atoms with Crippen molar-refractivity contribution in [2.24, 2.45) is 0 Å². The van der Waals surface area contributed by atoms with E-state index in [0.29, 0.717) is 26.5 Å². The third-order valence-electron chi connectivity index (χ3n) is 5.25. The smallest absolute Gasteiger partial charge is 0.270 e. The Morgan fingerprint density at radius 1 is 1.00 bits per heavy atom. The number of para-hydroxylation sites is 1. The number of hydrogen-bond donors (Lipinski definition) is 0. The van der Waals surface area contributed by atoms with E-state index in [4.69, 9.17) is 23.8 Å². The monoisotopic (exact) mass is 478 g/mol. The Labute approximate surface area is 199 Å². The van der Waals surface area contributed by atoms with Gasteiger partial charge in [0.15, 0.2) is 4.32 Å². The van der Waals surface area contributed by atoms with Crippen molar-refractivity contribution in [3.05, 3.63) is 106 Å². The number of anilines is 1. The van der Waals surface area contributed by atoms with Crippen LogP contribution in [0.1, 0.15) is 11.1 Å². The maximum Gasteiger partial charge on any atom is 0.270 e. The van der Waals surface area contributed by atoms with E-state index in [0.717, 1.165) is 22.0 Å². The maximum absolute atomic E-state index is 13.3. The predicted molar refractivity (Wildman–Crippen MR) is 135 cm³/mol. The largest absolute Gasteiger partial charge is 0.342 e. The highest BCUT2D eigenvalue weighted by Gasteiger charge is 2.33. The van der Waals surface area contributed by atoms with E-state index in [1.54, 1.807) is 36.4 Å². The molecule has 0 spiro atoms. The third-order valence-corrected chi connectivity index (χ3v) is 6.80. The number of benzene rings is 3. The average Bonchev–Trinajstić information content (AvgIpc) is 3.27. The van der Waals surface area contributed by atoms with Gasteiger partial charge in [-0.15, -0.1) is 0 Å². The van der Waals surface area contributed by atoms with Gasteiger partial charge < -0.3 is 4.57 Å². The van der Waals surface area contributed by atoms with Gasteiger partial charge in [-0.25, -0.2) is 4.39 Å². The molecule has 7 heteroatoms. The van der Waals surface area contributed by atoms with Crippen LogP contribution in [0.4, 0.5) is 10.1 Å². The molecule has 4 aromatic rings. The molecule has 0 atom stereocenters. The number of fused-ring (bicyclic) bond motifs is 1. The molecular weight excluding hydrogens is 463 g/mol. The van der Waals surface area contributed by atoms with Crippen LogP contribution in [-0.2, 0) is 11.3 Å². The van der Waals surface area contributed by atoms with Crippen molar-refractivity contribution in [3.63, 3.8) is 0 Å². The van der Waals surface area contributed by atoms with Gasteiger partial charge in [-0.05, 0) is 54.1 Å². The van der Waals surface area contributed by atoms with Gasteiger partial charge in [-0.2, -0.15) is 0 Å². The van der Waals surface area contributed by atoms with E-state index in [-0.39, 0.29) is 11.7 Å². The highest BCUT2D eigenvalue weighted by Crippen LogP contribution is 2.37. The lowest BCUT2D eigenvalue weighted by Gasteiger charge is -2.14. The van der Waals surface area contributed by atoms with Gasteiger partial charge >= 0.3 is 0 Å². The molecule has 1 saturated heterocycles. The molecule has 32 heavy (non-hydrogen) atoms. The summed E-state index contributed by atoms with van der Waals surface area (Å²) in [6, 6.07) is 21.5. The molecule has 2 heterocycles. The zero-order valence-electron chi connectivity index (χ0n) is 16.7. The first-order valence-corrected chi connectivity index (χ1v) is 11.5. The Morgan fingerprint density at radius 2 is 1.72 bits per heavy atom. The summed E-state index contributed by atoms with van der Waals surface area (Å²) in [5.74, 6) is -0.410. The summed E-state index contributed by atoms with van der Waals surface area (Å²) in [4.78, 5) is 15.2. The lowest BCUT2D eigenvalue weighted by atomic mass is 10.1. The van der Waals surface area contributed by atoms with Gasteiger partial charge in [0.1, 0.15) is 5.82 Å². The molecule has 1 aliphatic heterocycles. The van der Waals surface area contributed by atoms with Gasteiger partial charge in [0.05, 0.1) is 10.6 Å². The number of thioether (sulfide) groups is 1. The van der Waals surface area contributed by atoms with Crippen LogP contribution in [0.5, 0.6) is 0 Å². The second kappa shape index (κ2) is 8.54. The minimum atomic E-state index is -0.255. The van der Waals surface area contributed by atoms with Crippen LogP contribution in [0.2, 0.25) is 5.02 Å². The van der Waals surface area contributed by atoms with Crippen LogP contribution in [0.3, 0.4) is 0 Å². The number of halogens is 2. The van der Waals surface area contributed by atoms with E-state index >= 15 is 0 Å². The minimum Gasteiger partial charge on any atom is -0.342 e. The van der Waals surface area contributed by atoms with Gasteiger partial charge in [0.2, 0.25) is 0 Å². The van der Waals surface area contributed by atoms with Crippen molar-refractivity contribution in [2.45, 2.75) is 6.54 Å². The SMILES string of the molecule is O=C1/C(=C\c2cn(Cc3ccc(F)cc3)c3ccccc23)SC(=S)N1c1ccc(Cl)cc1. The Kier molecular flexibility index (Phi) is 5.59. The summed E-state index contributed by atoms with van der Waals surface area (Å²) in [7, 11) is 0. The molecule has 5 rings (SSSR count). The number of hydrogen-bond acceptors (Lipinski definition) is 3. The molecule has 0 saturated carbocycles. The summed E-state index contributed by atoms with van der Waals surface area (Å²) in [6.45, 7) is 0.598. The number of aromatic nitrogens is 1. The van der Waals surface area contributed by atoms with Crippen molar-refractivity contribution < 1.29 is 9.18 Å². The molecule has 1 aromatic heterocycles. The Hall–Kier alpha value is -2.93. The van der Waals surface area contributed by atoms with Crippen LogP contribution in [0.15, 0.2) is 83.9 Å². The van der Waals surface area contributed by atoms with Crippen LogP contribution in [0.25, 0.3) is 17.0 Å². The van der Waals surface area contributed by atoms with E-state index in [1.807, 2.05) is 36.5 Å². The number of amides is 1. The molecule has 158 valence electrons. The Balaban J connectivity index is 1.51. The standard InChI is InChI=1S/C25H16ClFN2OS2/c26-18-7-11-20(12-8-18)29-24(30)23(32-25(29)31)13-17-15-28(22-4-2-1-3-21(17)22)14-16-5-9-19(27)10-6-16/h1-13,15H,14H2/b23-13+. The summed E-state index contributed by atoms with van der Waals surface area (Å²) in [5.41, 5.74) is 3.65. The highest BCUT2D eigenvalue weighted by molar-refractivity contribution is 8.27. The van der Waals surface area contributed by atoms with Gasteiger partial charge in [0.25, 0.3) is 5.91 Å². The summed E-state index contributed by atoms with van der Waals surface area (Å²) in [5, 5.41) is 1.63. The van der Waals surface area contributed by atoms with E-state index < -0.39 is 0 Å². The fraction of sp³-hybridized carbons (Fsp3) is 0.0400. The number of carbonyl (C=O) groups is 1. The third kappa shape index (κ3) is 3.97. The summed E-state index contributed by atoms with van der Waals surface area (Å²) in [6.07, 6.45) is 3.90. The molecule has 0 unspecified atom stereocenters. The first kappa shape index (κ1) is 20.9. The molecule has 1 aliphatic rings. The molecule has 0 aliphatic carbocycles. The number of nitrogens with zero attached hydrogens (tertiary/aromatic N) is 2. The molecule has 1 amide bonds. The summed E-state index contributed by atoms with van der Waals surface area (Å²) >= 11 is 12.7. The highest BCUT2D eigenvalue weighted by atomic mass is 35.5. The van der Waals surface area contributed by atoms with Crippen molar-refractivity contribution >= 4 is 68.5 Å². The van der Waals surface area contributed by atoms with Crippen molar-refractivity contribution in [1.29, 1.82) is 0 Å². The molecule has 0 N–H and O–H groups in total. The zero-order valence-corrected chi connectivity index (χ0v) is 19.1. The lowest BCUT2D eigenvalue weighted by Crippen LogP contribution is -2.27. The normalized spacial score (nSPS) is 15.3. The molecule has 0 bridgehead atoms. The van der Waals surface area contributed by atoms with Crippen LogP contribution >= 0.6 is 35.6 Å². The van der Waals surface area contributed by atoms with Crippen LogP contribution < -0.4 is 4.90 Å². The fourth-order valence-electron chi connectivity index (χ4n) is 3.73. The van der Waals surface area contributed by atoms with E-state index in [9.17, 15) is 9.18 Å². The lowest BCUT2D eigenvalue weighted by molar-refractivity contribution is -0.113. The second-order valence-corrected chi connectivity index (χ2v) is 9.46. The number of rotatable bonds is 4. The first-order chi connectivity index (χ1) is 15.5. The molecule has 0 radical (unpaired) electrons. The van der Waals surface area contributed by atoms with Gasteiger partial charge in [0, 0.05) is 34.2 Å². The van der Waals surface area contributed by atoms with E-state index in [2.05, 4.69) is 4.57 Å². The van der Waals surface area contributed by atoms with Crippen molar-refractivity contribution in [3.8, 4) is 0 Å². The van der Waals surface area contributed by atoms with Crippen LogP contribution in [-0.4, -0.2) is 14.8 Å². The second-order valence-electron chi connectivity index (χ2n) is 7.35. The first-order valence-electron chi connectivity index (χ1n) is 9.85. The van der Waals surface area contributed by atoms with Gasteiger partial charge in [-0.1, -0.05) is 65.9 Å². The van der Waals surface area contributed by atoms with Crippen molar-refractivity contribution in [1.82, 2.24) is 4.57 Å². The molecule has 3 aromatic carbocycles. The minimum absolute atomic E-state index is 0.155. The number of carbonyl (C=O) groups excluding carboxylic acids is 1. The zero-order chi connectivity index (χ0) is 22.2. The van der Waals surface area contributed by atoms with Crippen molar-refractivity contribution in [2.75, 3.05) is 4.90 Å². The maximum atomic E-state index is 13.3. The predicted octanol–water partition coefficient (Wildman–Crippen LogP) is 6.89. The molecule has 3 nitrogen and oxygen atoms in total. The fourth-order valence-corrected chi connectivity index (χ4v) is 5.15. The van der Waals surface area contributed by atoms with Gasteiger partial charge in [-0.3, -0.25) is 9.69 Å². The van der Waals surface area contributed by atoms with E-state index in [1.165, 1.54) is 28.8 Å². The summed E-state index contributed by atoms with van der Waals surface area (Å²) < 4.78 is 15.9.